The molecule has 1 aliphatic carbocycles. The first-order chi connectivity index (χ1) is 9.05. The van der Waals surface area contributed by atoms with Crippen molar-refractivity contribution in [3.8, 4) is 0 Å². The van der Waals surface area contributed by atoms with E-state index < -0.39 is 3.79 Å². The Morgan fingerprint density at radius 1 is 1.05 bits per heavy atom. The molecule has 19 heavy (non-hydrogen) atoms. The Morgan fingerprint density at radius 3 is 2.32 bits per heavy atom. The third-order valence-electron chi connectivity index (χ3n) is 4.02. The van der Waals surface area contributed by atoms with Gasteiger partial charge in [-0.05, 0) is 32.1 Å². The maximum atomic E-state index is 6.19. The second kappa shape index (κ2) is 9.53. The summed E-state index contributed by atoms with van der Waals surface area (Å²) in [6.07, 6.45) is 15.9. The molecule has 1 rings (SSSR count). The number of alkyl halides is 3. The van der Waals surface area contributed by atoms with Crippen LogP contribution in [-0.4, -0.2) is 3.79 Å². The summed E-state index contributed by atoms with van der Waals surface area (Å²) < 4.78 is -1.13. The lowest BCUT2D eigenvalue weighted by Crippen LogP contribution is -2.22. The van der Waals surface area contributed by atoms with Gasteiger partial charge in [0.2, 0.25) is 0 Å². The molecule has 0 fully saturated rings. The fourth-order valence-corrected chi connectivity index (χ4v) is 3.62. The molecule has 0 saturated heterocycles. The fraction of sp³-hybridized carbons (Fsp3) is 0.875. The Balaban J connectivity index is 2.36. The van der Waals surface area contributed by atoms with Crippen molar-refractivity contribution in [1.29, 1.82) is 0 Å². The Bertz CT molecular complexity index is 266. The molecule has 0 aromatic rings. The molecule has 1 aliphatic rings. The van der Waals surface area contributed by atoms with E-state index in [1.165, 1.54) is 56.9 Å². The zero-order chi connectivity index (χ0) is 14.1. The summed E-state index contributed by atoms with van der Waals surface area (Å²) in [6, 6.07) is 0. The summed E-state index contributed by atoms with van der Waals surface area (Å²) in [5, 5.41) is 0. The minimum Gasteiger partial charge on any atom is -0.0849 e. The monoisotopic (exact) mass is 324 g/mol. The molecule has 0 radical (unpaired) electrons. The van der Waals surface area contributed by atoms with Crippen LogP contribution in [0.5, 0.6) is 0 Å². The van der Waals surface area contributed by atoms with E-state index in [1.54, 1.807) is 0 Å². The van der Waals surface area contributed by atoms with Crippen molar-refractivity contribution in [1.82, 2.24) is 0 Å². The van der Waals surface area contributed by atoms with Crippen LogP contribution in [0.1, 0.15) is 77.6 Å². The summed E-state index contributed by atoms with van der Waals surface area (Å²) in [6.45, 7) is 2.24. The third-order valence-corrected chi connectivity index (χ3v) is 4.81. The maximum absolute atomic E-state index is 6.19. The molecule has 0 amide bonds. The van der Waals surface area contributed by atoms with Crippen molar-refractivity contribution in [2.75, 3.05) is 0 Å². The highest BCUT2D eigenvalue weighted by Crippen LogP contribution is 2.44. The van der Waals surface area contributed by atoms with Gasteiger partial charge in [-0.2, -0.15) is 0 Å². The van der Waals surface area contributed by atoms with Crippen LogP contribution in [0.2, 0.25) is 0 Å². The molecule has 0 nitrogen and oxygen atoms in total. The van der Waals surface area contributed by atoms with Crippen LogP contribution in [0.3, 0.4) is 0 Å². The second-order valence-corrected chi connectivity index (χ2v) is 8.04. The number of unbranched alkanes of at least 4 members (excludes halogenated alkanes) is 5. The van der Waals surface area contributed by atoms with E-state index >= 15 is 0 Å². The van der Waals surface area contributed by atoms with E-state index in [0.717, 1.165) is 19.3 Å². The SMILES string of the molecule is CCCCCCCCC(C1=CCCCC1)C(Cl)(Cl)Cl. The molecule has 3 heteroatoms. The number of hydrogen-bond acceptors (Lipinski definition) is 0. The Morgan fingerprint density at radius 2 is 1.74 bits per heavy atom. The smallest absolute Gasteiger partial charge is 0.0849 e. The number of halogens is 3. The summed E-state index contributed by atoms with van der Waals surface area (Å²) in [5.74, 6) is 0.129. The minimum absolute atomic E-state index is 0.129. The molecule has 1 unspecified atom stereocenters. The van der Waals surface area contributed by atoms with Crippen LogP contribution in [0.25, 0.3) is 0 Å². The van der Waals surface area contributed by atoms with Gasteiger partial charge in [0.05, 0.1) is 0 Å². The molecule has 0 aromatic heterocycles. The van der Waals surface area contributed by atoms with Gasteiger partial charge >= 0.3 is 0 Å². The number of hydrogen-bond donors (Lipinski definition) is 0. The van der Waals surface area contributed by atoms with E-state index in [4.69, 9.17) is 34.8 Å². The normalized spacial score (nSPS) is 18.2. The first-order valence-corrected chi connectivity index (χ1v) is 8.94. The Kier molecular flexibility index (Phi) is 8.86. The average Bonchev–Trinajstić information content (AvgIpc) is 2.37. The molecule has 1 atom stereocenters. The highest BCUT2D eigenvalue weighted by Gasteiger charge is 2.34. The zero-order valence-electron chi connectivity index (χ0n) is 12.1. The van der Waals surface area contributed by atoms with Gasteiger partial charge in [0.15, 0.2) is 3.79 Å². The molecule has 0 N–H and O–H groups in total. The highest BCUT2D eigenvalue weighted by atomic mass is 35.6. The predicted octanol–water partition coefficient (Wildman–Crippen LogP) is 7.22. The molecule has 0 saturated carbocycles. The van der Waals surface area contributed by atoms with Crippen molar-refractivity contribution in [2.45, 2.75) is 81.3 Å². The molecular formula is C16H27Cl3. The quantitative estimate of drug-likeness (QED) is 0.251. The topological polar surface area (TPSA) is 0 Å². The van der Waals surface area contributed by atoms with Crippen molar-refractivity contribution < 1.29 is 0 Å². The molecule has 0 aliphatic heterocycles. The fourth-order valence-electron chi connectivity index (χ4n) is 2.87. The third kappa shape index (κ3) is 7.25. The summed E-state index contributed by atoms with van der Waals surface area (Å²) >= 11 is 18.6. The lowest BCUT2D eigenvalue weighted by atomic mass is 9.86. The predicted molar refractivity (Wildman–Crippen MR) is 88.3 cm³/mol. The summed E-state index contributed by atoms with van der Waals surface area (Å²) in [7, 11) is 0. The largest absolute Gasteiger partial charge is 0.197 e. The van der Waals surface area contributed by atoms with Crippen LogP contribution in [0, 0.1) is 5.92 Å². The van der Waals surface area contributed by atoms with E-state index in [0.29, 0.717) is 0 Å². The molecule has 0 heterocycles. The molecular weight excluding hydrogens is 299 g/mol. The number of rotatable bonds is 8. The molecule has 0 bridgehead atoms. The lowest BCUT2D eigenvalue weighted by Gasteiger charge is -2.29. The Labute approximate surface area is 133 Å². The van der Waals surface area contributed by atoms with Gasteiger partial charge in [0, 0.05) is 5.92 Å². The van der Waals surface area contributed by atoms with Gasteiger partial charge < -0.3 is 0 Å². The molecule has 0 spiro atoms. The Hall–Kier alpha value is 0.610. The molecule has 0 aromatic carbocycles. The van der Waals surface area contributed by atoms with E-state index in [1.807, 2.05) is 0 Å². The first-order valence-electron chi connectivity index (χ1n) is 7.81. The van der Waals surface area contributed by atoms with Gasteiger partial charge in [-0.3, -0.25) is 0 Å². The van der Waals surface area contributed by atoms with Crippen LogP contribution in [0.15, 0.2) is 11.6 Å². The van der Waals surface area contributed by atoms with Crippen molar-refractivity contribution in [2.24, 2.45) is 5.92 Å². The standard InChI is InChI=1S/C16H27Cl3/c1-2-3-4-5-6-10-13-15(16(17,18)19)14-11-8-7-9-12-14/h11,15H,2-10,12-13H2,1H3. The average molecular weight is 326 g/mol. The van der Waals surface area contributed by atoms with Gasteiger partial charge in [0.1, 0.15) is 0 Å². The van der Waals surface area contributed by atoms with Gasteiger partial charge in [-0.25, -0.2) is 0 Å². The van der Waals surface area contributed by atoms with E-state index in [9.17, 15) is 0 Å². The maximum Gasteiger partial charge on any atom is 0.197 e. The second-order valence-electron chi connectivity index (χ2n) is 5.68. The van der Waals surface area contributed by atoms with Gasteiger partial charge in [0.25, 0.3) is 0 Å². The van der Waals surface area contributed by atoms with Gasteiger partial charge in [-0.15, -0.1) is 0 Å². The van der Waals surface area contributed by atoms with Crippen LogP contribution < -0.4 is 0 Å². The summed E-state index contributed by atoms with van der Waals surface area (Å²) in [4.78, 5) is 0. The first kappa shape index (κ1) is 17.7. The number of allylic oxidation sites excluding steroid dienone is 2. The van der Waals surface area contributed by atoms with E-state index in [-0.39, 0.29) is 5.92 Å². The van der Waals surface area contributed by atoms with Gasteiger partial charge in [-0.1, -0.05) is 91.9 Å². The minimum atomic E-state index is -1.13. The summed E-state index contributed by atoms with van der Waals surface area (Å²) in [5.41, 5.74) is 1.39. The van der Waals surface area contributed by atoms with Crippen molar-refractivity contribution in [3.63, 3.8) is 0 Å². The van der Waals surface area contributed by atoms with Crippen molar-refractivity contribution >= 4 is 34.8 Å². The van der Waals surface area contributed by atoms with Crippen LogP contribution in [0.4, 0.5) is 0 Å². The highest BCUT2D eigenvalue weighted by molar-refractivity contribution is 6.67. The van der Waals surface area contributed by atoms with Crippen molar-refractivity contribution in [3.05, 3.63) is 11.6 Å². The zero-order valence-corrected chi connectivity index (χ0v) is 14.3. The van der Waals surface area contributed by atoms with Crippen LogP contribution in [-0.2, 0) is 0 Å². The molecule has 112 valence electrons. The lowest BCUT2D eigenvalue weighted by molar-refractivity contribution is 0.481. The van der Waals surface area contributed by atoms with Crippen LogP contribution >= 0.6 is 34.8 Å². The van der Waals surface area contributed by atoms with E-state index in [2.05, 4.69) is 13.0 Å².